The van der Waals surface area contributed by atoms with Crippen LogP contribution >= 0.6 is 0 Å². The Morgan fingerprint density at radius 1 is 1.38 bits per heavy atom. The molecule has 0 N–H and O–H groups in total. The van der Waals surface area contributed by atoms with E-state index in [9.17, 15) is 22.0 Å². The van der Waals surface area contributed by atoms with Gasteiger partial charge in [-0.25, -0.2) is 13.8 Å². The zero-order chi connectivity index (χ0) is 15.8. The molecular weight excluding hydrogens is 295 g/mol. The Morgan fingerprint density at radius 3 is 2.57 bits per heavy atom. The van der Waals surface area contributed by atoms with Gasteiger partial charge >= 0.3 is 6.18 Å². The molecule has 1 saturated heterocycles. The molecular formula is C13H15F5N2O. The van der Waals surface area contributed by atoms with Crippen LogP contribution < -0.4 is 4.74 Å². The number of likely N-dealkylation sites (tertiary alicyclic amines) is 1. The fourth-order valence-electron chi connectivity index (χ4n) is 2.10. The van der Waals surface area contributed by atoms with Gasteiger partial charge in [0.05, 0.1) is 12.1 Å². The molecule has 0 bridgehead atoms. The fraction of sp³-hybridized carbons (Fsp3) is 0.615. The average Bonchev–Trinajstić information content (AvgIpc) is 2.65. The van der Waals surface area contributed by atoms with E-state index in [1.165, 1.54) is 4.90 Å². The van der Waals surface area contributed by atoms with Crippen molar-refractivity contribution >= 4 is 0 Å². The molecule has 8 heteroatoms. The van der Waals surface area contributed by atoms with Crippen molar-refractivity contribution in [2.45, 2.75) is 38.1 Å². The fourth-order valence-corrected chi connectivity index (χ4v) is 2.10. The second kappa shape index (κ2) is 5.40. The quantitative estimate of drug-likeness (QED) is 0.802. The van der Waals surface area contributed by atoms with Crippen LogP contribution in [0.25, 0.3) is 0 Å². The molecule has 21 heavy (non-hydrogen) atoms. The highest BCUT2D eigenvalue weighted by Crippen LogP contribution is 2.34. The van der Waals surface area contributed by atoms with Gasteiger partial charge in [0.2, 0.25) is 5.88 Å². The summed E-state index contributed by atoms with van der Waals surface area (Å²) in [4.78, 5) is 5.09. The Kier molecular flexibility index (Phi) is 4.10. The van der Waals surface area contributed by atoms with Crippen molar-refractivity contribution in [2.24, 2.45) is 0 Å². The zero-order valence-corrected chi connectivity index (χ0v) is 11.5. The molecule has 3 nitrogen and oxygen atoms in total. The Bertz CT molecular complexity index is 504. The zero-order valence-electron chi connectivity index (χ0n) is 11.5. The van der Waals surface area contributed by atoms with Gasteiger partial charge in [0, 0.05) is 24.8 Å². The van der Waals surface area contributed by atoms with Gasteiger partial charge in [-0.15, -0.1) is 0 Å². The summed E-state index contributed by atoms with van der Waals surface area (Å²) >= 11 is 0. The number of ether oxygens (including phenoxy) is 1. The second-order valence-corrected chi connectivity index (χ2v) is 5.27. The van der Waals surface area contributed by atoms with Gasteiger partial charge in [0.25, 0.3) is 5.92 Å². The van der Waals surface area contributed by atoms with E-state index in [1.807, 2.05) is 0 Å². The van der Waals surface area contributed by atoms with E-state index in [2.05, 4.69) is 4.98 Å². The third-order valence-corrected chi connectivity index (χ3v) is 3.34. The Morgan fingerprint density at radius 2 is 2.05 bits per heavy atom. The van der Waals surface area contributed by atoms with E-state index < -0.39 is 36.2 Å². The van der Waals surface area contributed by atoms with E-state index in [-0.39, 0.29) is 12.6 Å². The second-order valence-electron chi connectivity index (χ2n) is 5.27. The summed E-state index contributed by atoms with van der Waals surface area (Å²) in [7, 11) is 0. The molecule has 1 aliphatic heterocycles. The third-order valence-electron chi connectivity index (χ3n) is 3.34. The normalized spacial score (nSPS) is 22.8. The largest absolute Gasteiger partial charge is 0.466 e. The van der Waals surface area contributed by atoms with Crippen LogP contribution in [0.2, 0.25) is 0 Å². The van der Waals surface area contributed by atoms with Crippen molar-refractivity contribution in [3.05, 3.63) is 23.9 Å². The molecule has 0 amide bonds. The lowest BCUT2D eigenvalue weighted by Gasteiger charge is -2.19. The summed E-state index contributed by atoms with van der Waals surface area (Å²) in [6.45, 7) is 3.00. The number of nitrogens with zero attached hydrogens (tertiary/aromatic N) is 2. The maximum atomic E-state index is 13.8. The van der Waals surface area contributed by atoms with Crippen LogP contribution in [0.15, 0.2) is 18.3 Å². The van der Waals surface area contributed by atoms with Crippen LogP contribution in [0.5, 0.6) is 5.88 Å². The van der Waals surface area contributed by atoms with Gasteiger partial charge in [-0.05, 0) is 19.9 Å². The van der Waals surface area contributed by atoms with E-state index in [4.69, 9.17) is 4.74 Å². The van der Waals surface area contributed by atoms with E-state index in [0.717, 1.165) is 12.3 Å². The van der Waals surface area contributed by atoms with Crippen LogP contribution in [0.3, 0.4) is 0 Å². The number of pyridine rings is 1. The molecule has 0 spiro atoms. The van der Waals surface area contributed by atoms with E-state index in [1.54, 1.807) is 13.8 Å². The monoisotopic (exact) mass is 310 g/mol. The molecule has 1 fully saturated rings. The summed E-state index contributed by atoms with van der Waals surface area (Å²) in [5.74, 6) is -3.57. The van der Waals surface area contributed by atoms with Crippen molar-refractivity contribution < 1.29 is 26.7 Å². The highest BCUT2D eigenvalue weighted by molar-refractivity contribution is 5.23. The van der Waals surface area contributed by atoms with Gasteiger partial charge in [-0.3, -0.25) is 4.90 Å². The molecule has 0 aliphatic carbocycles. The first-order chi connectivity index (χ1) is 9.59. The molecule has 0 aromatic carbocycles. The predicted molar refractivity (Wildman–Crippen MR) is 65.3 cm³/mol. The lowest BCUT2D eigenvalue weighted by atomic mass is 10.2. The minimum Gasteiger partial charge on any atom is -0.466 e. The number of hydrogen-bond donors (Lipinski definition) is 0. The molecule has 1 aromatic heterocycles. The SMILES string of the molecule is CC(C)N1C[C@H](Oc2cc(C(F)(F)F)ccn2)C(F)(F)C1. The van der Waals surface area contributed by atoms with Gasteiger partial charge in [-0.2, -0.15) is 13.2 Å². The van der Waals surface area contributed by atoms with E-state index in [0.29, 0.717) is 6.07 Å². The molecule has 1 atom stereocenters. The standard InChI is InChI=1S/C13H15F5N2O/c1-8(2)20-6-10(12(14,15)7-20)21-11-5-9(3-4-19-11)13(16,17)18/h3-5,8,10H,6-7H2,1-2H3/t10-/m0/s1. The number of aromatic nitrogens is 1. The van der Waals surface area contributed by atoms with Crippen molar-refractivity contribution in [1.82, 2.24) is 9.88 Å². The number of hydrogen-bond acceptors (Lipinski definition) is 3. The minimum absolute atomic E-state index is 0.0530. The number of rotatable bonds is 3. The summed E-state index contributed by atoms with van der Waals surface area (Å²) in [6, 6.07) is 1.30. The molecule has 2 heterocycles. The Balaban J connectivity index is 2.15. The van der Waals surface area contributed by atoms with Crippen LogP contribution in [-0.4, -0.2) is 41.0 Å². The van der Waals surface area contributed by atoms with Gasteiger partial charge in [0.15, 0.2) is 6.10 Å². The van der Waals surface area contributed by atoms with Crippen LogP contribution in [0.4, 0.5) is 22.0 Å². The van der Waals surface area contributed by atoms with Crippen molar-refractivity contribution in [3.63, 3.8) is 0 Å². The maximum Gasteiger partial charge on any atom is 0.416 e. The number of halogens is 5. The Labute approximate surface area is 118 Å². The lowest BCUT2D eigenvalue weighted by molar-refractivity contribution is -0.137. The maximum absolute atomic E-state index is 13.8. The van der Waals surface area contributed by atoms with Gasteiger partial charge < -0.3 is 4.74 Å². The summed E-state index contributed by atoms with van der Waals surface area (Å²) < 4.78 is 70.3. The third kappa shape index (κ3) is 3.61. The van der Waals surface area contributed by atoms with Crippen molar-refractivity contribution in [3.8, 4) is 5.88 Å². The van der Waals surface area contributed by atoms with E-state index >= 15 is 0 Å². The highest BCUT2D eigenvalue weighted by atomic mass is 19.4. The first-order valence-corrected chi connectivity index (χ1v) is 6.41. The average molecular weight is 310 g/mol. The summed E-state index contributed by atoms with van der Waals surface area (Å²) in [6.07, 6.45) is -5.18. The first-order valence-electron chi connectivity index (χ1n) is 6.41. The topological polar surface area (TPSA) is 25.4 Å². The molecule has 0 radical (unpaired) electrons. The smallest absolute Gasteiger partial charge is 0.416 e. The molecule has 118 valence electrons. The van der Waals surface area contributed by atoms with Crippen molar-refractivity contribution in [1.29, 1.82) is 0 Å². The first kappa shape index (κ1) is 15.9. The molecule has 1 aliphatic rings. The minimum atomic E-state index is -4.57. The Hall–Kier alpha value is -1.44. The predicted octanol–water partition coefficient (Wildman–Crippen LogP) is 3.21. The molecule has 0 unspecified atom stereocenters. The van der Waals surface area contributed by atoms with Crippen LogP contribution in [-0.2, 0) is 6.18 Å². The molecule has 0 saturated carbocycles. The molecule has 2 rings (SSSR count). The summed E-state index contributed by atoms with van der Waals surface area (Å²) in [5.41, 5.74) is -0.977. The lowest BCUT2D eigenvalue weighted by Crippen LogP contribution is -2.36. The number of alkyl halides is 5. The highest BCUT2D eigenvalue weighted by Gasteiger charge is 2.50. The van der Waals surface area contributed by atoms with Crippen LogP contribution in [0.1, 0.15) is 19.4 Å². The molecule has 1 aromatic rings. The van der Waals surface area contributed by atoms with Gasteiger partial charge in [-0.1, -0.05) is 0 Å². The summed E-state index contributed by atoms with van der Waals surface area (Å²) in [5, 5.41) is 0. The van der Waals surface area contributed by atoms with Crippen molar-refractivity contribution in [2.75, 3.05) is 13.1 Å². The van der Waals surface area contributed by atoms with Gasteiger partial charge in [0.1, 0.15) is 0 Å². The van der Waals surface area contributed by atoms with Crippen LogP contribution in [0, 0.1) is 0 Å².